The second-order valence-electron chi connectivity index (χ2n) is 6.78. The Morgan fingerprint density at radius 2 is 1.81 bits per heavy atom. The van der Waals surface area contributed by atoms with Gasteiger partial charge in [-0.2, -0.15) is 8.78 Å². The molecule has 0 amide bonds. The number of ketones is 1. The lowest BCUT2D eigenvalue weighted by Gasteiger charge is -2.15. The van der Waals surface area contributed by atoms with Gasteiger partial charge in [-0.3, -0.25) is 9.59 Å². The van der Waals surface area contributed by atoms with Gasteiger partial charge in [0.15, 0.2) is 22.7 Å². The predicted molar refractivity (Wildman–Crippen MR) is 95.8 cm³/mol. The molecule has 1 aliphatic carbocycles. The zero-order valence-corrected chi connectivity index (χ0v) is 15.2. The van der Waals surface area contributed by atoms with Crippen molar-refractivity contribution in [1.82, 2.24) is 4.57 Å². The van der Waals surface area contributed by atoms with Crippen molar-refractivity contribution < 1.29 is 23.0 Å². The van der Waals surface area contributed by atoms with Gasteiger partial charge >= 0.3 is 6.61 Å². The Labute approximate surface area is 155 Å². The summed E-state index contributed by atoms with van der Waals surface area (Å²) in [6.07, 6.45) is 2.10. The number of benzene rings is 1. The van der Waals surface area contributed by atoms with E-state index in [1.54, 1.807) is 18.4 Å². The average Bonchev–Trinajstić information content (AvgIpc) is 3.40. The number of hydrogen-bond acceptors (Lipinski definition) is 4. The predicted octanol–water partition coefficient (Wildman–Crippen LogP) is 3.74. The quantitative estimate of drug-likeness (QED) is 0.658. The SMILES string of the molecule is Cc1cc(=O)cc(C)n1CC(=O)c1ccc(OC(F)F)c(OCC2CC2)c1. The summed E-state index contributed by atoms with van der Waals surface area (Å²) in [5, 5.41) is 0. The van der Waals surface area contributed by atoms with E-state index in [0.717, 1.165) is 12.8 Å². The first-order valence-electron chi connectivity index (χ1n) is 8.76. The van der Waals surface area contributed by atoms with Crippen molar-refractivity contribution in [3.8, 4) is 11.5 Å². The number of ether oxygens (including phenoxy) is 2. The van der Waals surface area contributed by atoms with Gasteiger partial charge in [0, 0.05) is 29.1 Å². The Hall–Kier alpha value is -2.70. The highest BCUT2D eigenvalue weighted by molar-refractivity contribution is 5.96. The first-order chi connectivity index (χ1) is 12.8. The third-order valence-electron chi connectivity index (χ3n) is 4.51. The van der Waals surface area contributed by atoms with E-state index >= 15 is 0 Å². The smallest absolute Gasteiger partial charge is 0.387 e. The first kappa shape index (κ1) is 19.1. The number of carbonyl (C=O) groups excluding carboxylic acids is 1. The van der Waals surface area contributed by atoms with Crippen LogP contribution in [0.2, 0.25) is 0 Å². The van der Waals surface area contributed by atoms with Crippen LogP contribution in [0.15, 0.2) is 35.1 Å². The van der Waals surface area contributed by atoms with E-state index in [1.165, 1.54) is 30.3 Å². The van der Waals surface area contributed by atoms with Gasteiger partial charge in [0.1, 0.15) is 0 Å². The van der Waals surface area contributed by atoms with Gasteiger partial charge < -0.3 is 14.0 Å². The summed E-state index contributed by atoms with van der Waals surface area (Å²) in [6.45, 7) is 0.988. The van der Waals surface area contributed by atoms with Crippen LogP contribution >= 0.6 is 0 Å². The van der Waals surface area contributed by atoms with Gasteiger partial charge in [0.2, 0.25) is 0 Å². The molecule has 1 aromatic heterocycles. The van der Waals surface area contributed by atoms with E-state index in [0.29, 0.717) is 29.5 Å². The molecule has 0 aliphatic heterocycles. The summed E-state index contributed by atoms with van der Waals surface area (Å²) >= 11 is 0. The minimum atomic E-state index is -2.97. The van der Waals surface area contributed by atoms with Crippen LogP contribution in [0.4, 0.5) is 8.78 Å². The van der Waals surface area contributed by atoms with Crippen LogP contribution in [-0.2, 0) is 6.54 Å². The molecule has 0 saturated heterocycles. The van der Waals surface area contributed by atoms with E-state index in [4.69, 9.17) is 4.74 Å². The van der Waals surface area contributed by atoms with Crippen LogP contribution in [0.3, 0.4) is 0 Å². The number of rotatable bonds is 8. The van der Waals surface area contributed by atoms with Gasteiger partial charge in [-0.15, -0.1) is 0 Å². The molecule has 0 unspecified atom stereocenters. The molecule has 2 aromatic rings. The fourth-order valence-electron chi connectivity index (χ4n) is 2.85. The molecule has 7 heteroatoms. The molecule has 1 saturated carbocycles. The largest absolute Gasteiger partial charge is 0.489 e. The molecule has 0 spiro atoms. The van der Waals surface area contributed by atoms with Crippen molar-refractivity contribution in [3.05, 3.63) is 57.5 Å². The van der Waals surface area contributed by atoms with Crippen molar-refractivity contribution in [1.29, 1.82) is 0 Å². The number of aromatic nitrogens is 1. The lowest BCUT2D eigenvalue weighted by Crippen LogP contribution is -2.18. The standard InChI is InChI=1S/C20H21F2NO4/c1-12-7-16(24)8-13(2)23(12)10-17(25)15-5-6-18(27-20(21)22)19(9-15)26-11-14-3-4-14/h5-9,14,20H,3-4,10-11H2,1-2H3. The van der Waals surface area contributed by atoms with Gasteiger partial charge in [-0.1, -0.05) is 0 Å². The number of carbonyl (C=O) groups is 1. The maximum Gasteiger partial charge on any atom is 0.387 e. The van der Waals surface area contributed by atoms with Gasteiger partial charge in [-0.25, -0.2) is 0 Å². The molecule has 0 N–H and O–H groups in total. The monoisotopic (exact) mass is 377 g/mol. The van der Waals surface area contributed by atoms with Crippen molar-refractivity contribution >= 4 is 5.78 Å². The van der Waals surface area contributed by atoms with Crippen LogP contribution in [0.1, 0.15) is 34.6 Å². The maximum absolute atomic E-state index is 12.7. The summed E-state index contributed by atoms with van der Waals surface area (Å²) < 4.78 is 37.0. The lowest BCUT2D eigenvalue weighted by molar-refractivity contribution is -0.0515. The summed E-state index contributed by atoms with van der Waals surface area (Å²) in [5.74, 6) is 0.263. The molecule has 144 valence electrons. The Balaban J connectivity index is 1.83. The average molecular weight is 377 g/mol. The molecule has 3 rings (SSSR count). The molecule has 1 heterocycles. The normalized spacial score (nSPS) is 13.7. The van der Waals surface area contributed by atoms with E-state index < -0.39 is 6.61 Å². The van der Waals surface area contributed by atoms with Crippen LogP contribution in [0.5, 0.6) is 11.5 Å². The number of Topliss-reactive ketones (excluding diaryl/α,β-unsaturated/α-hetero) is 1. The number of pyridine rings is 1. The number of alkyl halides is 2. The zero-order chi connectivity index (χ0) is 19.6. The lowest BCUT2D eigenvalue weighted by atomic mass is 10.1. The summed E-state index contributed by atoms with van der Waals surface area (Å²) in [6, 6.07) is 7.13. The summed E-state index contributed by atoms with van der Waals surface area (Å²) in [7, 11) is 0. The van der Waals surface area contributed by atoms with Gasteiger partial charge in [0.25, 0.3) is 0 Å². The molecule has 1 aromatic carbocycles. The van der Waals surface area contributed by atoms with Crippen molar-refractivity contribution in [2.75, 3.05) is 6.61 Å². The number of aryl methyl sites for hydroxylation is 2. The van der Waals surface area contributed by atoms with E-state index in [2.05, 4.69) is 4.74 Å². The Kier molecular flexibility index (Phi) is 5.58. The van der Waals surface area contributed by atoms with Crippen LogP contribution in [0, 0.1) is 19.8 Å². The molecule has 0 atom stereocenters. The first-order valence-corrected chi connectivity index (χ1v) is 8.76. The van der Waals surface area contributed by atoms with E-state index in [-0.39, 0.29) is 29.3 Å². The van der Waals surface area contributed by atoms with Gasteiger partial charge in [-0.05, 0) is 50.8 Å². The summed E-state index contributed by atoms with van der Waals surface area (Å²) in [4.78, 5) is 24.2. The fourth-order valence-corrected chi connectivity index (χ4v) is 2.85. The second kappa shape index (κ2) is 7.90. The van der Waals surface area contributed by atoms with Crippen LogP contribution in [-0.4, -0.2) is 23.6 Å². The third kappa shape index (κ3) is 4.93. The molecule has 0 bridgehead atoms. The van der Waals surface area contributed by atoms with Crippen LogP contribution < -0.4 is 14.9 Å². The third-order valence-corrected chi connectivity index (χ3v) is 4.51. The Morgan fingerprint density at radius 1 is 1.15 bits per heavy atom. The minimum absolute atomic E-state index is 0.0368. The highest BCUT2D eigenvalue weighted by Crippen LogP contribution is 2.34. The topological polar surface area (TPSA) is 57.5 Å². The minimum Gasteiger partial charge on any atom is -0.489 e. The maximum atomic E-state index is 12.7. The van der Waals surface area contributed by atoms with Gasteiger partial charge in [0.05, 0.1) is 13.2 Å². The Bertz CT molecular complexity index is 877. The number of nitrogens with zero attached hydrogens (tertiary/aromatic N) is 1. The molecule has 5 nitrogen and oxygen atoms in total. The molecule has 1 aliphatic rings. The summed E-state index contributed by atoms with van der Waals surface area (Å²) in [5.41, 5.74) is 1.57. The molecule has 0 radical (unpaired) electrons. The van der Waals surface area contributed by atoms with Crippen molar-refractivity contribution in [2.45, 2.75) is 39.8 Å². The fraction of sp³-hybridized carbons (Fsp3) is 0.400. The van der Waals surface area contributed by atoms with E-state index in [1.807, 2.05) is 0 Å². The number of halogens is 2. The molecule has 27 heavy (non-hydrogen) atoms. The molecule has 1 fully saturated rings. The molecular weight excluding hydrogens is 356 g/mol. The van der Waals surface area contributed by atoms with E-state index in [9.17, 15) is 18.4 Å². The number of hydrogen-bond donors (Lipinski definition) is 0. The van der Waals surface area contributed by atoms with Crippen molar-refractivity contribution in [3.63, 3.8) is 0 Å². The highest BCUT2D eigenvalue weighted by atomic mass is 19.3. The van der Waals surface area contributed by atoms with Crippen molar-refractivity contribution in [2.24, 2.45) is 5.92 Å². The highest BCUT2D eigenvalue weighted by Gasteiger charge is 2.23. The zero-order valence-electron chi connectivity index (χ0n) is 15.2. The Morgan fingerprint density at radius 3 is 2.41 bits per heavy atom. The molecular formula is C20H21F2NO4. The van der Waals surface area contributed by atoms with Crippen LogP contribution in [0.25, 0.3) is 0 Å². The second-order valence-corrected chi connectivity index (χ2v) is 6.78.